The molecule has 0 aliphatic heterocycles. The lowest BCUT2D eigenvalue weighted by Crippen LogP contribution is -2.12. The van der Waals surface area contributed by atoms with Gasteiger partial charge in [-0.05, 0) is 18.4 Å². The SMILES string of the molecule is CSC(C)Cn1c(CCCl)nc2ccccc21. The second kappa shape index (κ2) is 5.78. The Kier molecular flexibility index (Phi) is 4.35. The minimum Gasteiger partial charge on any atom is -0.327 e. The molecule has 0 spiro atoms. The van der Waals surface area contributed by atoms with Crippen LogP contribution in [0.5, 0.6) is 0 Å². The molecule has 1 unspecified atom stereocenters. The van der Waals surface area contributed by atoms with E-state index in [4.69, 9.17) is 11.6 Å². The van der Waals surface area contributed by atoms with Crippen LogP contribution in [0.2, 0.25) is 0 Å². The Morgan fingerprint density at radius 1 is 1.41 bits per heavy atom. The first kappa shape index (κ1) is 12.8. The summed E-state index contributed by atoms with van der Waals surface area (Å²) in [4.78, 5) is 4.66. The first-order chi connectivity index (χ1) is 8.26. The van der Waals surface area contributed by atoms with Gasteiger partial charge in [-0.1, -0.05) is 19.1 Å². The highest BCUT2D eigenvalue weighted by Gasteiger charge is 2.11. The van der Waals surface area contributed by atoms with Gasteiger partial charge >= 0.3 is 0 Å². The fourth-order valence-corrected chi connectivity index (χ4v) is 2.40. The highest BCUT2D eigenvalue weighted by Crippen LogP contribution is 2.19. The summed E-state index contributed by atoms with van der Waals surface area (Å²) in [6.07, 6.45) is 2.97. The van der Waals surface area contributed by atoms with E-state index in [0.717, 1.165) is 24.3 Å². The van der Waals surface area contributed by atoms with E-state index < -0.39 is 0 Å². The molecule has 0 N–H and O–H groups in total. The summed E-state index contributed by atoms with van der Waals surface area (Å²) in [5.74, 6) is 1.72. The smallest absolute Gasteiger partial charge is 0.111 e. The molecule has 0 bridgehead atoms. The largest absolute Gasteiger partial charge is 0.327 e. The van der Waals surface area contributed by atoms with Gasteiger partial charge in [-0.2, -0.15) is 11.8 Å². The third-order valence-corrected chi connectivity index (χ3v) is 4.04. The molecule has 0 amide bonds. The number of hydrogen-bond acceptors (Lipinski definition) is 2. The van der Waals surface area contributed by atoms with Crippen LogP contribution in [-0.4, -0.2) is 26.9 Å². The lowest BCUT2D eigenvalue weighted by molar-refractivity contribution is 0.672. The van der Waals surface area contributed by atoms with Gasteiger partial charge in [-0.3, -0.25) is 0 Å². The minimum absolute atomic E-state index is 0.585. The third kappa shape index (κ3) is 2.78. The van der Waals surface area contributed by atoms with Gasteiger partial charge in [-0.25, -0.2) is 4.98 Å². The van der Waals surface area contributed by atoms with Crippen LogP contribution >= 0.6 is 23.4 Å². The van der Waals surface area contributed by atoms with Crippen LogP contribution in [0.25, 0.3) is 11.0 Å². The van der Waals surface area contributed by atoms with Crippen molar-refractivity contribution in [3.05, 3.63) is 30.1 Å². The summed E-state index contributed by atoms with van der Waals surface area (Å²) < 4.78 is 2.30. The molecule has 92 valence electrons. The summed E-state index contributed by atoms with van der Waals surface area (Å²) in [7, 11) is 0. The van der Waals surface area contributed by atoms with Gasteiger partial charge in [0, 0.05) is 24.1 Å². The second-order valence-corrected chi connectivity index (χ2v) is 5.77. The maximum atomic E-state index is 5.85. The number of benzene rings is 1. The Balaban J connectivity index is 2.44. The standard InChI is InChI=1S/C13H17ClN2S/c1-10(17-2)9-16-12-6-4-3-5-11(12)15-13(16)7-8-14/h3-6,10H,7-9H2,1-2H3. The first-order valence-electron chi connectivity index (χ1n) is 5.79. The van der Waals surface area contributed by atoms with Crippen molar-refractivity contribution in [2.24, 2.45) is 0 Å². The fourth-order valence-electron chi connectivity index (χ4n) is 1.94. The van der Waals surface area contributed by atoms with Crippen molar-refractivity contribution in [3.63, 3.8) is 0 Å². The minimum atomic E-state index is 0.585. The summed E-state index contributed by atoms with van der Waals surface area (Å²) in [5.41, 5.74) is 2.29. The molecule has 0 aliphatic carbocycles. The maximum Gasteiger partial charge on any atom is 0.111 e. The van der Waals surface area contributed by atoms with E-state index in [1.807, 2.05) is 17.8 Å². The average Bonchev–Trinajstić information content (AvgIpc) is 2.68. The average molecular weight is 269 g/mol. The number of rotatable bonds is 5. The molecule has 2 aromatic rings. The molecule has 0 radical (unpaired) electrons. The molecular formula is C13H17ClN2S. The van der Waals surface area contributed by atoms with Crippen molar-refractivity contribution in [2.45, 2.75) is 25.1 Å². The van der Waals surface area contributed by atoms with Gasteiger partial charge in [0.1, 0.15) is 5.82 Å². The number of nitrogens with zero attached hydrogens (tertiary/aromatic N) is 2. The quantitative estimate of drug-likeness (QED) is 0.772. The Morgan fingerprint density at radius 2 is 2.18 bits per heavy atom. The molecule has 2 rings (SSSR count). The van der Waals surface area contributed by atoms with Crippen LogP contribution in [0.1, 0.15) is 12.7 Å². The number of halogens is 1. The van der Waals surface area contributed by atoms with Crippen LogP contribution in [0.4, 0.5) is 0 Å². The molecule has 0 saturated carbocycles. The van der Waals surface area contributed by atoms with E-state index in [2.05, 4.69) is 40.9 Å². The number of aryl methyl sites for hydroxylation is 1. The topological polar surface area (TPSA) is 17.8 Å². The Hall–Kier alpha value is -0.670. The molecule has 1 aromatic heterocycles. The van der Waals surface area contributed by atoms with Crippen LogP contribution in [0.3, 0.4) is 0 Å². The molecule has 0 aliphatic rings. The normalized spacial score (nSPS) is 13.1. The van der Waals surface area contributed by atoms with Gasteiger partial charge in [0.15, 0.2) is 0 Å². The van der Waals surface area contributed by atoms with Gasteiger partial charge < -0.3 is 4.57 Å². The fraction of sp³-hybridized carbons (Fsp3) is 0.462. The van der Waals surface area contributed by atoms with Crippen LogP contribution in [0.15, 0.2) is 24.3 Å². The number of alkyl halides is 1. The zero-order chi connectivity index (χ0) is 12.3. The highest BCUT2D eigenvalue weighted by atomic mass is 35.5. The highest BCUT2D eigenvalue weighted by molar-refractivity contribution is 7.99. The molecule has 0 saturated heterocycles. The summed E-state index contributed by atoms with van der Waals surface area (Å²) >= 11 is 7.72. The lowest BCUT2D eigenvalue weighted by atomic mass is 10.3. The molecule has 1 atom stereocenters. The van der Waals surface area contributed by atoms with Gasteiger partial charge in [0.2, 0.25) is 0 Å². The van der Waals surface area contributed by atoms with E-state index in [1.54, 1.807) is 0 Å². The number of para-hydroxylation sites is 2. The summed E-state index contributed by atoms with van der Waals surface area (Å²) in [6.45, 7) is 3.23. The van der Waals surface area contributed by atoms with Crippen molar-refractivity contribution < 1.29 is 0 Å². The van der Waals surface area contributed by atoms with Crippen molar-refractivity contribution in [1.29, 1.82) is 0 Å². The second-order valence-electron chi connectivity index (χ2n) is 4.11. The van der Waals surface area contributed by atoms with Crippen LogP contribution in [-0.2, 0) is 13.0 Å². The van der Waals surface area contributed by atoms with Gasteiger partial charge in [-0.15, -0.1) is 11.6 Å². The molecular weight excluding hydrogens is 252 g/mol. The summed E-state index contributed by atoms with van der Waals surface area (Å²) in [6, 6.07) is 8.29. The van der Waals surface area contributed by atoms with E-state index in [0.29, 0.717) is 11.1 Å². The van der Waals surface area contributed by atoms with Crippen LogP contribution in [0, 0.1) is 0 Å². The Labute approximate surface area is 111 Å². The van der Waals surface area contributed by atoms with Gasteiger partial charge in [0.25, 0.3) is 0 Å². The molecule has 17 heavy (non-hydrogen) atoms. The number of fused-ring (bicyclic) bond motifs is 1. The number of thioether (sulfide) groups is 1. The molecule has 4 heteroatoms. The summed E-state index contributed by atoms with van der Waals surface area (Å²) in [5, 5.41) is 0.585. The molecule has 2 nitrogen and oxygen atoms in total. The van der Waals surface area contributed by atoms with Crippen molar-refractivity contribution in [2.75, 3.05) is 12.1 Å². The molecule has 0 fully saturated rings. The van der Waals surface area contributed by atoms with Crippen molar-refractivity contribution in [1.82, 2.24) is 9.55 Å². The van der Waals surface area contributed by atoms with Crippen LogP contribution < -0.4 is 0 Å². The predicted octanol–water partition coefficient (Wildman–Crippen LogP) is 3.57. The monoisotopic (exact) mass is 268 g/mol. The third-order valence-electron chi connectivity index (χ3n) is 2.89. The number of aromatic nitrogens is 2. The van der Waals surface area contributed by atoms with Crippen molar-refractivity contribution >= 4 is 34.4 Å². The zero-order valence-electron chi connectivity index (χ0n) is 10.2. The van der Waals surface area contributed by atoms with E-state index >= 15 is 0 Å². The Bertz CT molecular complexity index is 495. The molecule has 1 heterocycles. The van der Waals surface area contributed by atoms with E-state index in [1.165, 1.54) is 5.52 Å². The first-order valence-corrected chi connectivity index (χ1v) is 7.61. The van der Waals surface area contributed by atoms with Crippen molar-refractivity contribution in [3.8, 4) is 0 Å². The number of imidazole rings is 1. The molecule has 1 aromatic carbocycles. The van der Waals surface area contributed by atoms with Gasteiger partial charge in [0.05, 0.1) is 11.0 Å². The lowest BCUT2D eigenvalue weighted by Gasteiger charge is -2.13. The van der Waals surface area contributed by atoms with E-state index in [-0.39, 0.29) is 0 Å². The Morgan fingerprint density at radius 3 is 2.88 bits per heavy atom. The maximum absolute atomic E-state index is 5.85. The predicted molar refractivity (Wildman–Crippen MR) is 77.1 cm³/mol. The zero-order valence-corrected chi connectivity index (χ0v) is 11.8. The van der Waals surface area contributed by atoms with E-state index in [9.17, 15) is 0 Å². The number of hydrogen-bond donors (Lipinski definition) is 0.